The maximum atomic E-state index is 12.6. The first-order valence-electron chi connectivity index (χ1n) is 7.21. The van der Waals surface area contributed by atoms with Gasteiger partial charge in [-0.3, -0.25) is 4.79 Å². The quantitative estimate of drug-likeness (QED) is 0.700. The average molecular weight is 312 g/mol. The number of nitrogens with zero attached hydrogens (tertiary/aromatic N) is 2. The van der Waals surface area contributed by atoms with E-state index in [0.717, 1.165) is 11.9 Å². The number of carbonyl (C=O) groups is 1. The van der Waals surface area contributed by atoms with Crippen LogP contribution < -0.4 is 0 Å². The minimum atomic E-state index is 0.000214. The smallest absolute Gasteiger partial charge is 0.254 e. The lowest BCUT2D eigenvalue weighted by molar-refractivity contribution is 0.0735. The van der Waals surface area contributed by atoms with Gasteiger partial charge in [-0.25, -0.2) is 4.98 Å². The number of nitrogens with one attached hydrogen (secondary N) is 1. The van der Waals surface area contributed by atoms with Gasteiger partial charge in [0.15, 0.2) is 0 Å². The second kappa shape index (κ2) is 5.14. The number of aromatic amines is 1. The van der Waals surface area contributed by atoms with Gasteiger partial charge in [-0.05, 0) is 18.2 Å². The second-order valence-corrected chi connectivity index (χ2v) is 5.86. The Morgan fingerprint density at radius 1 is 1.27 bits per heavy atom. The molecule has 3 aromatic rings. The molecule has 4 rings (SSSR count). The van der Waals surface area contributed by atoms with Crippen LogP contribution in [0, 0.1) is 0 Å². The molecule has 5 heteroatoms. The number of para-hydroxylation sites is 1. The van der Waals surface area contributed by atoms with Gasteiger partial charge in [-0.2, -0.15) is 0 Å². The van der Waals surface area contributed by atoms with Crippen LogP contribution in [0.1, 0.15) is 21.6 Å². The Morgan fingerprint density at radius 2 is 2.14 bits per heavy atom. The zero-order chi connectivity index (χ0) is 15.1. The van der Waals surface area contributed by atoms with Crippen molar-refractivity contribution in [3.63, 3.8) is 0 Å². The minimum absolute atomic E-state index is 0.000214. The van der Waals surface area contributed by atoms with E-state index >= 15 is 0 Å². The molecule has 1 amide bonds. The van der Waals surface area contributed by atoms with Crippen molar-refractivity contribution in [2.24, 2.45) is 0 Å². The maximum absolute atomic E-state index is 12.6. The topological polar surface area (TPSA) is 49.0 Å². The summed E-state index contributed by atoms with van der Waals surface area (Å²) in [7, 11) is 0. The molecule has 1 aliphatic heterocycles. The first-order valence-corrected chi connectivity index (χ1v) is 7.59. The number of rotatable bonds is 1. The van der Waals surface area contributed by atoms with Gasteiger partial charge in [0.25, 0.3) is 5.91 Å². The van der Waals surface area contributed by atoms with Gasteiger partial charge >= 0.3 is 0 Å². The number of halogens is 1. The molecule has 2 aromatic heterocycles. The number of hydrogen-bond acceptors (Lipinski definition) is 2. The Kier molecular flexibility index (Phi) is 3.12. The van der Waals surface area contributed by atoms with Gasteiger partial charge < -0.3 is 9.88 Å². The van der Waals surface area contributed by atoms with Crippen LogP contribution in [-0.2, 0) is 13.0 Å². The van der Waals surface area contributed by atoms with Crippen LogP contribution in [0.4, 0.5) is 0 Å². The summed E-state index contributed by atoms with van der Waals surface area (Å²) < 4.78 is 0. The molecule has 0 fully saturated rings. The summed E-state index contributed by atoms with van der Waals surface area (Å²) in [6.45, 7) is 1.33. The summed E-state index contributed by atoms with van der Waals surface area (Å²) in [5.41, 5.74) is 4.17. The van der Waals surface area contributed by atoms with Gasteiger partial charge in [0.1, 0.15) is 5.15 Å². The van der Waals surface area contributed by atoms with Crippen LogP contribution in [0.3, 0.4) is 0 Å². The molecule has 3 heterocycles. The number of aromatic nitrogens is 2. The van der Waals surface area contributed by atoms with Crippen molar-refractivity contribution in [3.05, 3.63) is 64.6 Å². The lowest BCUT2D eigenvalue weighted by atomic mass is 10.0. The number of H-pyrrole nitrogens is 1. The number of carbonyl (C=O) groups excluding carboxylic acids is 1. The molecule has 0 atom stereocenters. The number of pyridine rings is 1. The van der Waals surface area contributed by atoms with E-state index in [1.54, 1.807) is 18.3 Å². The molecule has 4 nitrogen and oxygen atoms in total. The second-order valence-electron chi connectivity index (χ2n) is 5.47. The zero-order valence-corrected chi connectivity index (χ0v) is 12.6. The largest absolute Gasteiger partial charge is 0.358 e. The van der Waals surface area contributed by atoms with E-state index < -0.39 is 0 Å². The van der Waals surface area contributed by atoms with E-state index in [1.165, 1.54) is 16.6 Å². The highest BCUT2D eigenvalue weighted by molar-refractivity contribution is 6.29. The van der Waals surface area contributed by atoms with Crippen LogP contribution in [0.15, 0.2) is 42.6 Å². The summed E-state index contributed by atoms with van der Waals surface area (Å²) >= 11 is 5.88. The van der Waals surface area contributed by atoms with Crippen LogP contribution in [0.5, 0.6) is 0 Å². The third kappa shape index (κ3) is 2.16. The molecule has 1 aliphatic rings. The van der Waals surface area contributed by atoms with E-state index in [4.69, 9.17) is 11.6 Å². The van der Waals surface area contributed by atoms with E-state index in [1.807, 2.05) is 17.0 Å². The lowest BCUT2D eigenvalue weighted by Crippen LogP contribution is -2.35. The van der Waals surface area contributed by atoms with Crippen LogP contribution in [-0.4, -0.2) is 27.3 Å². The van der Waals surface area contributed by atoms with E-state index in [9.17, 15) is 4.79 Å². The molecule has 22 heavy (non-hydrogen) atoms. The monoisotopic (exact) mass is 311 g/mol. The Labute approximate surface area is 132 Å². The van der Waals surface area contributed by atoms with Crippen molar-refractivity contribution in [1.29, 1.82) is 0 Å². The highest BCUT2D eigenvalue weighted by atomic mass is 35.5. The van der Waals surface area contributed by atoms with Crippen molar-refractivity contribution in [1.82, 2.24) is 14.9 Å². The summed E-state index contributed by atoms with van der Waals surface area (Å²) in [4.78, 5) is 21.9. The molecule has 0 unspecified atom stereocenters. The van der Waals surface area contributed by atoms with E-state index in [0.29, 0.717) is 23.8 Å². The standard InChI is InChI=1S/C17H14ClN3O/c18-16-9-11(5-7-19-16)17(22)21-8-6-15-13(10-21)12-3-1-2-4-14(12)20-15/h1-5,7,9,20H,6,8,10H2. The van der Waals surface area contributed by atoms with Crippen molar-refractivity contribution < 1.29 is 4.79 Å². The molecule has 1 N–H and O–H groups in total. The van der Waals surface area contributed by atoms with E-state index in [2.05, 4.69) is 22.1 Å². The normalized spacial score (nSPS) is 14.1. The molecule has 0 spiro atoms. The summed E-state index contributed by atoms with van der Waals surface area (Å²) in [6, 6.07) is 11.5. The molecular formula is C17H14ClN3O. The van der Waals surface area contributed by atoms with Gasteiger partial charge in [0.05, 0.1) is 0 Å². The predicted octanol–water partition coefficient (Wildman–Crippen LogP) is 3.41. The summed E-state index contributed by atoms with van der Waals surface area (Å²) in [6.07, 6.45) is 2.41. The van der Waals surface area contributed by atoms with E-state index in [-0.39, 0.29) is 5.91 Å². The Bertz CT molecular complexity index is 871. The molecule has 0 saturated heterocycles. The van der Waals surface area contributed by atoms with Gasteiger partial charge in [-0.1, -0.05) is 29.8 Å². The fourth-order valence-electron chi connectivity index (χ4n) is 3.06. The van der Waals surface area contributed by atoms with Crippen molar-refractivity contribution in [2.75, 3.05) is 6.54 Å². The van der Waals surface area contributed by atoms with Crippen LogP contribution >= 0.6 is 11.6 Å². The molecule has 0 bridgehead atoms. The Hall–Kier alpha value is -2.33. The van der Waals surface area contributed by atoms with Crippen LogP contribution in [0.2, 0.25) is 5.15 Å². The van der Waals surface area contributed by atoms with Crippen LogP contribution in [0.25, 0.3) is 10.9 Å². The molecule has 0 radical (unpaired) electrons. The van der Waals surface area contributed by atoms with Gasteiger partial charge in [0, 0.05) is 53.4 Å². The minimum Gasteiger partial charge on any atom is -0.358 e. The third-order valence-electron chi connectivity index (χ3n) is 4.14. The molecule has 0 saturated carbocycles. The predicted molar refractivity (Wildman–Crippen MR) is 86.0 cm³/mol. The Balaban J connectivity index is 1.68. The molecular weight excluding hydrogens is 298 g/mol. The van der Waals surface area contributed by atoms with Crippen molar-refractivity contribution >= 4 is 28.4 Å². The number of hydrogen-bond donors (Lipinski definition) is 1. The van der Waals surface area contributed by atoms with Crippen molar-refractivity contribution in [2.45, 2.75) is 13.0 Å². The summed E-state index contributed by atoms with van der Waals surface area (Å²) in [5, 5.41) is 1.54. The Morgan fingerprint density at radius 3 is 3.00 bits per heavy atom. The highest BCUT2D eigenvalue weighted by Gasteiger charge is 2.24. The maximum Gasteiger partial charge on any atom is 0.254 e. The zero-order valence-electron chi connectivity index (χ0n) is 11.8. The first kappa shape index (κ1) is 13.3. The van der Waals surface area contributed by atoms with Gasteiger partial charge in [0.2, 0.25) is 0 Å². The average Bonchev–Trinajstić information content (AvgIpc) is 2.92. The molecule has 110 valence electrons. The summed E-state index contributed by atoms with van der Waals surface area (Å²) in [5.74, 6) is 0.000214. The van der Waals surface area contributed by atoms with Crippen molar-refractivity contribution in [3.8, 4) is 0 Å². The number of amides is 1. The third-order valence-corrected chi connectivity index (χ3v) is 4.35. The lowest BCUT2D eigenvalue weighted by Gasteiger charge is -2.27. The number of benzene rings is 1. The highest BCUT2D eigenvalue weighted by Crippen LogP contribution is 2.28. The first-order chi connectivity index (χ1) is 10.7. The van der Waals surface area contributed by atoms with Gasteiger partial charge in [-0.15, -0.1) is 0 Å². The molecule has 0 aliphatic carbocycles. The fraction of sp³-hybridized carbons (Fsp3) is 0.176. The molecule has 1 aromatic carbocycles. The number of fused-ring (bicyclic) bond motifs is 3. The fourth-order valence-corrected chi connectivity index (χ4v) is 3.23. The SMILES string of the molecule is O=C(c1ccnc(Cl)c1)N1CCc2[nH]c3ccccc3c2C1.